The second kappa shape index (κ2) is 7.69. The topological polar surface area (TPSA) is 105 Å². The number of fused-ring (bicyclic) bond motifs is 1. The van der Waals surface area contributed by atoms with Gasteiger partial charge in [-0.05, 0) is 42.5 Å². The highest BCUT2D eigenvalue weighted by molar-refractivity contribution is 7.92. The van der Waals surface area contributed by atoms with Crippen LogP contribution in [0.1, 0.15) is 6.92 Å². The number of halogens is 1. The Bertz CT molecular complexity index is 1020. The number of hydrogen-bond acceptors (Lipinski definition) is 5. The van der Waals surface area contributed by atoms with Crippen LogP contribution in [0.4, 0.5) is 17.1 Å². The number of carbonyl (C=O) groups is 2. The summed E-state index contributed by atoms with van der Waals surface area (Å²) < 4.78 is 31.1. The smallest absolute Gasteiger partial charge is 0.267 e. The maximum Gasteiger partial charge on any atom is 0.267 e. The van der Waals surface area contributed by atoms with Crippen molar-refractivity contribution in [1.82, 2.24) is 0 Å². The summed E-state index contributed by atoms with van der Waals surface area (Å²) in [6, 6.07) is 11.1. The largest absolute Gasteiger partial charge is 0.476 e. The zero-order valence-electron chi connectivity index (χ0n) is 15.1. The number of ether oxygens (including phenoxy) is 1. The molecule has 1 aliphatic heterocycles. The van der Waals surface area contributed by atoms with Gasteiger partial charge in [-0.1, -0.05) is 11.6 Å². The second-order valence-electron chi connectivity index (χ2n) is 6.26. The molecule has 2 aromatic rings. The quantitative estimate of drug-likeness (QED) is 0.785. The summed E-state index contributed by atoms with van der Waals surface area (Å²) in [5, 5.41) is 5.67. The van der Waals surface area contributed by atoms with Crippen LogP contribution < -0.4 is 19.7 Å². The Hall–Kier alpha value is -2.78. The fraction of sp³-hybridized carbons (Fsp3) is 0.222. The van der Waals surface area contributed by atoms with Crippen LogP contribution in [0.5, 0.6) is 5.75 Å². The SMILES string of the molecule is CC(=O)Nc1ccc(NC(=O)[C@@H]2CN(S(C)(=O)=O)c3cc(Cl)ccc3O2)cc1. The molecule has 2 amide bonds. The molecule has 1 heterocycles. The van der Waals surface area contributed by atoms with Crippen LogP contribution in [0.15, 0.2) is 42.5 Å². The van der Waals surface area contributed by atoms with Gasteiger partial charge in [0.1, 0.15) is 5.75 Å². The maximum absolute atomic E-state index is 12.6. The van der Waals surface area contributed by atoms with Crippen LogP contribution in [-0.2, 0) is 19.6 Å². The summed E-state index contributed by atoms with van der Waals surface area (Å²) in [7, 11) is -3.64. The first-order valence-corrected chi connectivity index (χ1v) is 10.5. The summed E-state index contributed by atoms with van der Waals surface area (Å²) in [4.78, 5) is 23.7. The van der Waals surface area contributed by atoms with Gasteiger partial charge in [0.25, 0.3) is 5.91 Å². The molecule has 3 rings (SSSR count). The molecular weight excluding hydrogens is 406 g/mol. The van der Waals surface area contributed by atoms with Crippen LogP contribution in [-0.4, -0.2) is 39.1 Å². The molecule has 1 aliphatic rings. The van der Waals surface area contributed by atoms with Crippen molar-refractivity contribution in [3.05, 3.63) is 47.5 Å². The number of carbonyl (C=O) groups excluding carboxylic acids is 2. The van der Waals surface area contributed by atoms with E-state index in [0.717, 1.165) is 10.6 Å². The normalized spacial score (nSPS) is 16.0. The lowest BCUT2D eigenvalue weighted by Crippen LogP contribution is -2.48. The maximum atomic E-state index is 12.6. The van der Waals surface area contributed by atoms with E-state index in [1.54, 1.807) is 30.3 Å². The molecule has 2 aromatic carbocycles. The number of sulfonamides is 1. The number of nitrogens with zero attached hydrogens (tertiary/aromatic N) is 1. The van der Waals surface area contributed by atoms with Gasteiger partial charge < -0.3 is 15.4 Å². The molecule has 8 nitrogen and oxygen atoms in total. The van der Waals surface area contributed by atoms with Crippen molar-refractivity contribution in [2.75, 3.05) is 27.7 Å². The molecule has 2 N–H and O–H groups in total. The average molecular weight is 424 g/mol. The summed E-state index contributed by atoms with van der Waals surface area (Å²) in [6.07, 6.45) is 0.0112. The van der Waals surface area contributed by atoms with E-state index in [2.05, 4.69) is 10.6 Å². The highest BCUT2D eigenvalue weighted by Crippen LogP contribution is 2.37. The van der Waals surface area contributed by atoms with E-state index >= 15 is 0 Å². The van der Waals surface area contributed by atoms with E-state index in [9.17, 15) is 18.0 Å². The molecule has 0 spiro atoms. The lowest BCUT2D eigenvalue weighted by atomic mass is 10.2. The van der Waals surface area contributed by atoms with E-state index in [4.69, 9.17) is 16.3 Å². The van der Waals surface area contributed by atoms with Crippen molar-refractivity contribution < 1.29 is 22.7 Å². The third-order valence-electron chi connectivity index (χ3n) is 3.96. The highest BCUT2D eigenvalue weighted by atomic mass is 35.5. The van der Waals surface area contributed by atoms with Gasteiger partial charge in [0.2, 0.25) is 15.9 Å². The van der Waals surface area contributed by atoms with Gasteiger partial charge in [0, 0.05) is 23.3 Å². The molecule has 1 atom stereocenters. The first kappa shape index (κ1) is 20.0. The van der Waals surface area contributed by atoms with Gasteiger partial charge >= 0.3 is 0 Å². The van der Waals surface area contributed by atoms with Gasteiger partial charge in [-0.2, -0.15) is 0 Å². The minimum Gasteiger partial charge on any atom is -0.476 e. The molecule has 0 aliphatic carbocycles. The van der Waals surface area contributed by atoms with Gasteiger partial charge in [-0.25, -0.2) is 8.42 Å². The number of hydrogen-bond donors (Lipinski definition) is 2. The van der Waals surface area contributed by atoms with Crippen LogP contribution in [0.2, 0.25) is 5.02 Å². The number of anilines is 3. The van der Waals surface area contributed by atoms with E-state index < -0.39 is 22.0 Å². The highest BCUT2D eigenvalue weighted by Gasteiger charge is 2.35. The minimum atomic E-state index is -3.64. The zero-order chi connectivity index (χ0) is 20.5. The van der Waals surface area contributed by atoms with Gasteiger partial charge in [0.05, 0.1) is 18.5 Å². The average Bonchev–Trinajstić information content (AvgIpc) is 2.61. The monoisotopic (exact) mass is 423 g/mol. The lowest BCUT2D eigenvalue weighted by Gasteiger charge is -2.34. The summed E-state index contributed by atoms with van der Waals surface area (Å²) >= 11 is 5.96. The van der Waals surface area contributed by atoms with Crippen LogP contribution in [0.25, 0.3) is 0 Å². The Balaban J connectivity index is 1.79. The van der Waals surface area contributed by atoms with Gasteiger partial charge in [-0.3, -0.25) is 13.9 Å². The molecule has 0 saturated heterocycles. The number of rotatable bonds is 4. The Kier molecular flexibility index (Phi) is 5.48. The van der Waals surface area contributed by atoms with Crippen LogP contribution in [0.3, 0.4) is 0 Å². The standard InChI is InChI=1S/C18H18ClN3O5S/c1-11(23)20-13-4-6-14(7-5-13)21-18(24)17-10-22(28(2,25)26)15-9-12(19)3-8-16(15)27-17/h3-9,17H,10H2,1-2H3,(H,20,23)(H,21,24)/t17-/m0/s1. The van der Waals surface area contributed by atoms with Crippen molar-refractivity contribution in [3.63, 3.8) is 0 Å². The van der Waals surface area contributed by atoms with Crippen molar-refractivity contribution in [2.24, 2.45) is 0 Å². The third kappa shape index (κ3) is 4.55. The predicted molar refractivity (Wildman–Crippen MR) is 107 cm³/mol. The zero-order valence-corrected chi connectivity index (χ0v) is 16.7. The van der Waals surface area contributed by atoms with Crippen molar-refractivity contribution in [3.8, 4) is 5.75 Å². The first-order chi connectivity index (χ1) is 13.1. The minimum absolute atomic E-state index is 0.179. The summed E-state index contributed by atoms with van der Waals surface area (Å²) in [5.74, 6) is -0.448. The molecule has 0 unspecified atom stereocenters. The Morgan fingerprint density at radius 2 is 1.71 bits per heavy atom. The van der Waals surface area contributed by atoms with Gasteiger partial charge in [0.15, 0.2) is 6.10 Å². The second-order valence-corrected chi connectivity index (χ2v) is 8.60. The molecule has 0 bridgehead atoms. The molecule has 10 heteroatoms. The molecule has 0 saturated carbocycles. The van der Waals surface area contributed by atoms with Crippen LogP contribution in [0, 0.1) is 0 Å². The Morgan fingerprint density at radius 1 is 1.11 bits per heavy atom. The molecule has 0 fully saturated rings. The fourth-order valence-electron chi connectivity index (χ4n) is 2.74. The third-order valence-corrected chi connectivity index (χ3v) is 5.34. The molecule has 0 aromatic heterocycles. The van der Waals surface area contributed by atoms with Crippen LogP contribution >= 0.6 is 11.6 Å². The van der Waals surface area contributed by atoms with Gasteiger partial charge in [-0.15, -0.1) is 0 Å². The molecule has 148 valence electrons. The molecule has 28 heavy (non-hydrogen) atoms. The van der Waals surface area contributed by atoms with E-state index in [-0.39, 0.29) is 18.2 Å². The van der Waals surface area contributed by atoms with E-state index in [0.29, 0.717) is 22.1 Å². The van der Waals surface area contributed by atoms with Crippen molar-refractivity contribution in [1.29, 1.82) is 0 Å². The Morgan fingerprint density at radius 3 is 2.29 bits per heavy atom. The molecular formula is C18H18ClN3O5S. The lowest BCUT2D eigenvalue weighted by molar-refractivity contribution is -0.122. The number of benzene rings is 2. The van der Waals surface area contributed by atoms with E-state index in [1.165, 1.54) is 19.1 Å². The fourth-order valence-corrected chi connectivity index (χ4v) is 3.81. The summed E-state index contributed by atoms with van der Waals surface area (Å²) in [5.41, 5.74) is 1.36. The Labute approximate surface area is 167 Å². The predicted octanol–water partition coefficient (Wildman–Crippen LogP) is 2.46. The number of amides is 2. The first-order valence-electron chi connectivity index (χ1n) is 8.26. The summed E-state index contributed by atoms with van der Waals surface area (Å²) in [6.45, 7) is 1.22. The van der Waals surface area contributed by atoms with E-state index in [1.807, 2.05) is 0 Å². The van der Waals surface area contributed by atoms with Crippen molar-refractivity contribution >= 4 is 50.5 Å². The van der Waals surface area contributed by atoms with Crippen molar-refractivity contribution in [2.45, 2.75) is 13.0 Å². The molecule has 0 radical (unpaired) electrons. The number of nitrogens with one attached hydrogen (secondary N) is 2.